The molecular formula is C29H25N5O8S. The molecule has 1 aliphatic heterocycles. The number of nitro benzene ring substituents is 2. The normalized spacial score (nSPS) is 13.7. The van der Waals surface area contributed by atoms with Crippen LogP contribution in [0.4, 0.5) is 34.1 Å². The molecular weight excluding hydrogens is 578 g/mol. The van der Waals surface area contributed by atoms with Crippen molar-refractivity contribution in [1.29, 1.82) is 0 Å². The molecule has 1 aliphatic rings. The van der Waals surface area contributed by atoms with Crippen molar-refractivity contribution in [2.75, 3.05) is 36.5 Å². The van der Waals surface area contributed by atoms with Crippen LogP contribution in [-0.4, -0.2) is 54.8 Å². The molecule has 0 unspecified atom stereocenters. The van der Waals surface area contributed by atoms with Crippen molar-refractivity contribution in [3.8, 4) is 0 Å². The molecule has 0 saturated carbocycles. The summed E-state index contributed by atoms with van der Waals surface area (Å²) >= 11 is 0. The summed E-state index contributed by atoms with van der Waals surface area (Å²) in [6.07, 6.45) is 0. The van der Waals surface area contributed by atoms with Crippen LogP contribution in [0.2, 0.25) is 0 Å². The van der Waals surface area contributed by atoms with Crippen LogP contribution in [0.25, 0.3) is 0 Å². The van der Waals surface area contributed by atoms with Crippen molar-refractivity contribution in [1.82, 2.24) is 4.31 Å². The third-order valence-electron chi connectivity index (χ3n) is 6.70. The van der Waals surface area contributed by atoms with Crippen LogP contribution in [0.5, 0.6) is 0 Å². The maximum atomic E-state index is 13.2. The molecule has 1 heterocycles. The highest BCUT2D eigenvalue weighted by atomic mass is 32.2. The fraction of sp³-hybridized carbons (Fsp3) is 0.138. The predicted molar refractivity (Wildman–Crippen MR) is 158 cm³/mol. The van der Waals surface area contributed by atoms with Gasteiger partial charge in [0.05, 0.1) is 33.5 Å². The summed E-state index contributed by atoms with van der Waals surface area (Å²) in [5.74, 6) is -0.854. The summed E-state index contributed by atoms with van der Waals surface area (Å²) < 4.78 is 32.3. The molecule has 1 saturated heterocycles. The number of nitro groups is 2. The zero-order valence-electron chi connectivity index (χ0n) is 22.5. The molecule has 0 radical (unpaired) electrons. The molecule has 0 spiro atoms. The van der Waals surface area contributed by atoms with Gasteiger partial charge in [0.1, 0.15) is 0 Å². The molecule has 4 aromatic rings. The van der Waals surface area contributed by atoms with E-state index in [0.29, 0.717) is 24.6 Å². The summed E-state index contributed by atoms with van der Waals surface area (Å²) in [6.45, 7) is 1.03. The summed E-state index contributed by atoms with van der Waals surface area (Å²) in [7, 11) is -3.76. The lowest BCUT2D eigenvalue weighted by atomic mass is 10.1. The first-order valence-corrected chi connectivity index (χ1v) is 14.5. The van der Waals surface area contributed by atoms with E-state index in [2.05, 4.69) is 5.32 Å². The zero-order chi connectivity index (χ0) is 30.6. The standard InChI is InChI=1S/C29H25N5O8S/c35-29(30-22-11-13-25(14-12-22)43(40,41)31-15-17-42-18-16-31)21-19-26(33(36)37)28(27(20-21)34(38)39)32(23-7-3-1-4-8-23)24-9-5-2-6-10-24/h1-14,19-20H,15-18H2,(H,30,35). The van der Waals surface area contributed by atoms with Gasteiger partial charge in [-0.3, -0.25) is 29.9 Å². The highest BCUT2D eigenvalue weighted by Gasteiger charge is 2.34. The fourth-order valence-electron chi connectivity index (χ4n) is 4.65. The molecule has 0 bridgehead atoms. The highest BCUT2D eigenvalue weighted by Crippen LogP contribution is 2.46. The van der Waals surface area contributed by atoms with E-state index in [4.69, 9.17) is 4.74 Å². The molecule has 220 valence electrons. The summed E-state index contributed by atoms with van der Waals surface area (Å²) in [4.78, 5) is 37.7. The molecule has 14 heteroatoms. The first-order valence-electron chi connectivity index (χ1n) is 13.0. The smallest absolute Gasteiger partial charge is 0.301 e. The maximum Gasteiger partial charge on any atom is 0.301 e. The summed E-state index contributed by atoms with van der Waals surface area (Å²) in [6, 6.07) is 24.3. The lowest BCUT2D eigenvalue weighted by Crippen LogP contribution is -2.40. The van der Waals surface area contributed by atoms with Gasteiger partial charge in [-0.05, 0) is 48.5 Å². The Kier molecular flexibility index (Phi) is 8.43. The average Bonchev–Trinajstić information content (AvgIpc) is 3.02. The van der Waals surface area contributed by atoms with Gasteiger partial charge in [0, 0.05) is 42.3 Å². The lowest BCUT2D eigenvalue weighted by molar-refractivity contribution is -0.392. The molecule has 0 aliphatic carbocycles. The average molecular weight is 604 g/mol. The number of hydrogen-bond donors (Lipinski definition) is 1. The van der Waals surface area contributed by atoms with Crippen molar-refractivity contribution in [3.63, 3.8) is 0 Å². The van der Waals surface area contributed by atoms with E-state index in [-0.39, 0.29) is 34.9 Å². The molecule has 13 nitrogen and oxygen atoms in total. The number of benzene rings is 4. The van der Waals surface area contributed by atoms with Gasteiger partial charge in [-0.1, -0.05) is 36.4 Å². The van der Waals surface area contributed by atoms with Crippen molar-refractivity contribution < 1.29 is 27.8 Å². The highest BCUT2D eigenvalue weighted by molar-refractivity contribution is 7.89. The minimum absolute atomic E-state index is 0.0185. The van der Waals surface area contributed by atoms with Gasteiger partial charge >= 0.3 is 11.4 Å². The van der Waals surface area contributed by atoms with Gasteiger partial charge in [-0.2, -0.15) is 4.31 Å². The van der Waals surface area contributed by atoms with Gasteiger partial charge in [0.2, 0.25) is 15.7 Å². The quantitative estimate of drug-likeness (QED) is 0.199. The van der Waals surface area contributed by atoms with Crippen LogP contribution in [0, 0.1) is 20.2 Å². The van der Waals surface area contributed by atoms with Gasteiger partial charge in [-0.25, -0.2) is 8.42 Å². The topological polar surface area (TPSA) is 165 Å². The Morgan fingerprint density at radius 1 is 0.791 bits per heavy atom. The molecule has 1 N–H and O–H groups in total. The first-order chi connectivity index (χ1) is 20.7. The zero-order valence-corrected chi connectivity index (χ0v) is 23.3. The third-order valence-corrected chi connectivity index (χ3v) is 8.61. The lowest BCUT2D eigenvalue weighted by Gasteiger charge is -2.26. The Morgan fingerprint density at radius 2 is 1.28 bits per heavy atom. The second kappa shape index (κ2) is 12.4. The summed E-state index contributed by atoms with van der Waals surface area (Å²) in [5, 5.41) is 27.2. The van der Waals surface area contributed by atoms with Gasteiger partial charge in [0.25, 0.3) is 5.91 Å². The Bertz CT molecular complexity index is 1690. The van der Waals surface area contributed by atoms with Gasteiger partial charge < -0.3 is 10.1 Å². The van der Waals surface area contributed by atoms with Crippen LogP contribution in [0.15, 0.2) is 102 Å². The van der Waals surface area contributed by atoms with Crippen LogP contribution in [0.3, 0.4) is 0 Å². The van der Waals surface area contributed by atoms with E-state index in [1.165, 1.54) is 33.5 Å². The number of morpholine rings is 1. The largest absolute Gasteiger partial charge is 0.379 e. The molecule has 1 amide bonds. The van der Waals surface area contributed by atoms with Crippen molar-refractivity contribution in [2.45, 2.75) is 4.90 Å². The van der Waals surface area contributed by atoms with Crippen molar-refractivity contribution in [2.24, 2.45) is 0 Å². The van der Waals surface area contributed by atoms with E-state index >= 15 is 0 Å². The third kappa shape index (κ3) is 6.21. The minimum Gasteiger partial charge on any atom is -0.379 e. The minimum atomic E-state index is -3.76. The molecule has 5 rings (SSSR count). The Balaban J connectivity index is 1.51. The van der Waals surface area contributed by atoms with E-state index in [9.17, 15) is 33.4 Å². The van der Waals surface area contributed by atoms with Crippen LogP contribution >= 0.6 is 0 Å². The number of sulfonamides is 1. The predicted octanol–water partition coefficient (Wildman–Crippen LogP) is 5.25. The van der Waals surface area contributed by atoms with E-state index in [1.54, 1.807) is 60.7 Å². The van der Waals surface area contributed by atoms with Crippen LogP contribution in [-0.2, 0) is 14.8 Å². The number of anilines is 4. The van der Waals surface area contributed by atoms with Gasteiger partial charge in [-0.15, -0.1) is 0 Å². The number of carbonyl (C=O) groups is 1. The number of amides is 1. The van der Waals surface area contributed by atoms with E-state index in [1.807, 2.05) is 0 Å². The number of nitrogens with one attached hydrogen (secondary N) is 1. The number of rotatable bonds is 9. The molecule has 0 aromatic heterocycles. The Hall–Kier alpha value is -5.18. The summed E-state index contributed by atoms with van der Waals surface area (Å²) in [5.41, 5.74) is -0.892. The maximum absolute atomic E-state index is 13.2. The van der Waals surface area contributed by atoms with Crippen LogP contribution in [0.1, 0.15) is 10.4 Å². The van der Waals surface area contributed by atoms with Crippen molar-refractivity contribution >= 4 is 50.1 Å². The number of para-hydroxylation sites is 2. The molecule has 4 aromatic carbocycles. The molecule has 1 fully saturated rings. The Morgan fingerprint density at radius 3 is 1.74 bits per heavy atom. The van der Waals surface area contributed by atoms with Gasteiger partial charge in [0.15, 0.2) is 0 Å². The first kappa shape index (κ1) is 29.3. The van der Waals surface area contributed by atoms with Crippen LogP contribution < -0.4 is 10.2 Å². The number of nitrogens with zero attached hydrogens (tertiary/aromatic N) is 4. The van der Waals surface area contributed by atoms with E-state index in [0.717, 1.165) is 12.1 Å². The second-order valence-corrected chi connectivity index (χ2v) is 11.3. The number of hydrogen-bond acceptors (Lipinski definition) is 9. The molecule has 0 atom stereocenters. The molecule has 43 heavy (non-hydrogen) atoms. The number of carbonyl (C=O) groups excluding carboxylic acids is 1. The Labute approximate surface area is 246 Å². The fourth-order valence-corrected chi connectivity index (χ4v) is 6.06. The number of ether oxygens (including phenoxy) is 1. The monoisotopic (exact) mass is 603 g/mol. The van der Waals surface area contributed by atoms with Crippen molar-refractivity contribution in [3.05, 3.63) is 123 Å². The second-order valence-electron chi connectivity index (χ2n) is 9.38. The SMILES string of the molecule is O=C(Nc1ccc(S(=O)(=O)N2CCOCC2)cc1)c1cc([N+](=O)[O-])c(N(c2ccccc2)c2ccccc2)c([N+](=O)[O-])c1. The van der Waals surface area contributed by atoms with E-state index < -0.39 is 37.2 Å².